The Bertz CT molecular complexity index is 184. The van der Waals surface area contributed by atoms with E-state index in [9.17, 15) is 4.79 Å². The van der Waals surface area contributed by atoms with E-state index in [0.717, 1.165) is 38.8 Å². The van der Waals surface area contributed by atoms with E-state index < -0.39 is 0 Å². The molecule has 0 aromatic carbocycles. The fourth-order valence-electron chi connectivity index (χ4n) is 1.88. The van der Waals surface area contributed by atoms with Gasteiger partial charge in [0.15, 0.2) is 0 Å². The van der Waals surface area contributed by atoms with Gasteiger partial charge in [0.05, 0.1) is 6.61 Å². The minimum atomic E-state index is -0.110. The zero-order valence-corrected chi connectivity index (χ0v) is 10.00. The van der Waals surface area contributed by atoms with E-state index in [4.69, 9.17) is 4.74 Å². The fourth-order valence-corrected chi connectivity index (χ4v) is 1.88. The van der Waals surface area contributed by atoms with Crippen LogP contribution in [0.1, 0.15) is 46.0 Å². The summed E-state index contributed by atoms with van der Waals surface area (Å²) in [4.78, 5) is 13.5. The third-order valence-corrected chi connectivity index (χ3v) is 3.21. The number of nitrogens with zero attached hydrogens (tertiary/aromatic N) is 1. The summed E-state index contributed by atoms with van der Waals surface area (Å²) in [6.45, 7) is 6.62. The van der Waals surface area contributed by atoms with Crippen LogP contribution in [0.4, 0.5) is 4.79 Å². The molecule has 88 valence electrons. The maximum absolute atomic E-state index is 11.6. The van der Waals surface area contributed by atoms with Crippen molar-refractivity contribution in [3.8, 4) is 0 Å². The van der Waals surface area contributed by atoms with Gasteiger partial charge in [-0.05, 0) is 25.2 Å². The Morgan fingerprint density at radius 2 is 1.80 bits per heavy atom. The minimum Gasteiger partial charge on any atom is -0.449 e. The zero-order valence-electron chi connectivity index (χ0n) is 10.00. The van der Waals surface area contributed by atoms with Crippen molar-refractivity contribution in [1.82, 2.24) is 4.90 Å². The molecule has 0 aromatic rings. The number of hydrogen-bond donors (Lipinski definition) is 0. The summed E-state index contributed by atoms with van der Waals surface area (Å²) in [5.74, 6) is 0.527. The summed E-state index contributed by atoms with van der Waals surface area (Å²) in [7, 11) is 0. The molecule has 1 fully saturated rings. The lowest BCUT2D eigenvalue weighted by atomic mass is 10.1. The summed E-state index contributed by atoms with van der Waals surface area (Å²) < 4.78 is 5.31. The van der Waals surface area contributed by atoms with Crippen molar-refractivity contribution in [3.05, 3.63) is 0 Å². The normalized spacial score (nSPS) is 16.9. The van der Waals surface area contributed by atoms with E-state index in [2.05, 4.69) is 13.8 Å². The molecule has 1 heterocycles. The van der Waals surface area contributed by atoms with Gasteiger partial charge < -0.3 is 9.64 Å². The molecule has 15 heavy (non-hydrogen) atoms. The number of likely N-dealkylation sites (tertiary alicyclic amines) is 1. The molecule has 0 aliphatic carbocycles. The Kier molecular flexibility index (Phi) is 5.51. The third kappa shape index (κ3) is 4.10. The van der Waals surface area contributed by atoms with Crippen molar-refractivity contribution in [2.45, 2.75) is 46.0 Å². The van der Waals surface area contributed by atoms with Crippen molar-refractivity contribution in [2.24, 2.45) is 5.92 Å². The van der Waals surface area contributed by atoms with Gasteiger partial charge in [0.25, 0.3) is 0 Å². The molecule has 0 unspecified atom stereocenters. The lowest BCUT2D eigenvalue weighted by Crippen LogP contribution is -2.36. The van der Waals surface area contributed by atoms with E-state index in [-0.39, 0.29) is 6.09 Å². The number of carbonyl (C=O) groups excluding carboxylic acids is 1. The number of carbonyl (C=O) groups is 1. The predicted octanol–water partition coefficient (Wildman–Crippen LogP) is 3.05. The van der Waals surface area contributed by atoms with Gasteiger partial charge in [-0.25, -0.2) is 4.79 Å². The Morgan fingerprint density at radius 3 is 2.33 bits per heavy atom. The molecule has 1 saturated heterocycles. The lowest BCUT2D eigenvalue weighted by Gasteiger charge is -2.26. The van der Waals surface area contributed by atoms with Gasteiger partial charge >= 0.3 is 6.09 Å². The average molecular weight is 213 g/mol. The molecular formula is C12H23NO2. The predicted molar refractivity (Wildman–Crippen MR) is 60.8 cm³/mol. The molecule has 3 nitrogen and oxygen atoms in total. The Morgan fingerprint density at radius 1 is 1.20 bits per heavy atom. The van der Waals surface area contributed by atoms with Crippen molar-refractivity contribution in [3.63, 3.8) is 0 Å². The summed E-state index contributed by atoms with van der Waals surface area (Å²) in [6, 6.07) is 0. The largest absolute Gasteiger partial charge is 0.449 e. The van der Waals surface area contributed by atoms with Crippen LogP contribution < -0.4 is 0 Å². The first kappa shape index (κ1) is 12.3. The van der Waals surface area contributed by atoms with Crippen LogP contribution in [0, 0.1) is 5.92 Å². The molecule has 0 atom stereocenters. The van der Waals surface area contributed by atoms with Crippen LogP contribution in [0.25, 0.3) is 0 Å². The Balaban J connectivity index is 2.22. The second kappa shape index (κ2) is 6.70. The second-order valence-corrected chi connectivity index (χ2v) is 4.31. The van der Waals surface area contributed by atoms with Gasteiger partial charge in [-0.3, -0.25) is 0 Å². The van der Waals surface area contributed by atoms with Gasteiger partial charge in [-0.1, -0.05) is 26.7 Å². The van der Waals surface area contributed by atoms with E-state index in [1.54, 1.807) is 0 Å². The molecule has 1 aliphatic rings. The van der Waals surface area contributed by atoms with Crippen LogP contribution in [0.3, 0.4) is 0 Å². The summed E-state index contributed by atoms with van der Waals surface area (Å²) in [6.07, 6.45) is 5.56. The first-order chi connectivity index (χ1) is 7.27. The molecule has 1 amide bonds. The molecule has 3 heteroatoms. The third-order valence-electron chi connectivity index (χ3n) is 3.21. The van der Waals surface area contributed by atoms with E-state index in [1.165, 1.54) is 6.42 Å². The molecule has 0 saturated carbocycles. The van der Waals surface area contributed by atoms with E-state index >= 15 is 0 Å². The van der Waals surface area contributed by atoms with Gasteiger partial charge in [-0.15, -0.1) is 0 Å². The van der Waals surface area contributed by atoms with E-state index in [0.29, 0.717) is 12.5 Å². The molecule has 0 spiro atoms. The zero-order chi connectivity index (χ0) is 11.1. The topological polar surface area (TPSA) is 29.5 Å². The highest BCUT2D eigenvalue weighted by atomic mass is 16.6. The first-order valence-corrected chi connectivity index (χ1v) is 6.19. The van der Waals surface area contributed by atoms with Crippen LogP contribution in [0.2, 0.25) is 0 Å². The number of piperidine rings is 1. The van der Waals surface area contributed by atoms with Gasteiger partial charge in [-0.2, -0.15) is 0 Å². The van der Waals surface area contributed by atoms with Crippen molar-refractivity contribution >= 4 is 6.09 Å². The van der Waals surface area contributed by atoms with Crippen molar-refractivity contribution in [1.29, 1.82) is 0 Å². The lowest BCUT2D eigenvalue weighted by molar-refractivity contribution is 0.0801. The summed E-state index contributed by atoms with van der Waals surface area (Å²) in [5, 5.41) is 0. The van der Waals surface area contributed by atoms with Crippen LogP contribution in [-0.4, -0.2) is 30.7 Å². The maximum Gasteiger partial charge on any atom is 0.409 e. The minimum absolute atomic E-state index is 0.110. The highest BCUT2D eigenvalue weighted by Crippen LogP contribution is 2.12. The van der Waals surface area contributed by atoms with E-state index in [1.807, 2.05) is 4.90 Å². The molecule has 0 aromatic heterocycles. The number of hydrogen-bond acceptors (Lipinski definition) is 2. The molecule has 0 N–H and O–H groups in total. The Hall–Kier alpha value is -0.730. The quantitative estimate of drug-likeness (QED) is 0.718. The van der Waals surface area contributed by atoms with Gasteiger partial charge in [0, 0.05) is 13.1 Å². The molecular weight excluding hydrogens is 190 g/mol. The first-order valence-electron chi connectivity index (χ1n) is 6.19. The van der Waals surface area contributed by atoms with Gasteiger partial charge in [0.1, 0.15) is 0 Å². The Labute approximate surface area is 92.8 Å². The van der Waals surface area contributed by atoms with Crippen molar-refractivity contribution < 1.29 is 9.53 Å². The second-order valence-electron chi connectivity index (χ2n) is 4.31. The SMILES string of the molecule is CCC(CC)COC(=O)N1CCCCC1. The van der Waals surface area contributed by atoms with Gasteiger partial charge in [0.2, 0.25) is 0 Å². The number of amides is 1. The highest BCUT2D eigenvalue weighted by Gasteiger charge is 2.18. The maximum atomic E-state index is 11.6. The average Bonchev–Trinajstić information content (AvgIpc) is 2.31. The van der Waals surface area contributed by atoms with Crippen molar-refractivity contribution in [2.75, 3.05) is 19.7 Å². The van der Waals surface area contributed by atoms with Crippen LogP contribution in [-0.2, 0) is 4.74 Å². The summed E-state index contributed by atoms with van der Waals surface area (Å²) >= 11 is 0. The number of ether oxygens (including phenoxy) is 1. The summed E-state index contributed by atoms with van der Waals surface area (Å²) in [5.41, 5.74) is 0. The standard InChI is InChI=1S/C12H23NO2/c1-3-11(4-2)10-15-12(14)13-8-6-5-7-9-13/h11H,3-10H2,1-2H3. The van der Waals surface area contributed by atoms with Crippen LogP contribution in [0.15, 0.2) is 0 Å². The highest BCUT2D eigenvalue weighted by molar-refractivity contribution is 5.67. The fraction of sp³-hybridized carbons (Fsp3) is 0.917. The number of rotatable bonds is 4. The molecule has 1 aliphatic heterocycles. The van der Waals surface area contributed by atoms with Crippen LogP contribution >= 0.6 is 0 Å². The molecule has 1 rings (SSSR count). The molecule has 0 radical (unpaired) electrons. The smallest absolute Gasteiger partial charge is 0.409 e. The monoisotopic (exact) mass is 213 g/mol. The van der Waals surface area contributed by atoms with Crippen LogP contribution in [0.5, 0.6) is 0 Å². The molecule has 0 bridgehead atoms.